The molecule has 0 atom stereocenters. The Morgan fingerprint density at radius 2 is 1.60 bits per heavy atom. The maximum atomic E-state index is 10.6. The maximum Gasteiger partial charge on any atom is 0.444 e. The van der Waals surface area contributed by atoms with Gasteiger partial charge in [0.15, 0.2) is 0 Å². The molecule has 0 aliphatic carbocycles. The molecule has 0 unspecified atom stereocenters. The van der Waals surface area contributed by atoms with Gasteiger partial charge < -0.3 is 0 Å². The van der Waals surface area contributed by atoms with Gasteiger partial charge in [-0.3, -0.25) is 0 Å². The van der Waals surface area contributed by atoms with E-state index >= 15 is 0 Å². The molecule has 62 valence electrons. The van der Waals surface area contributed by atoms with Gasteiger partial charge in [-0.25, -0.2) is 4.18 Å². The van der Waals surface area contributed by atoms with Crippen LogP contribution in [0.15, 0.2) is 0 Å². The summed E-state index contributed by atoms with van der Waals surface area (Å²) in [5, 5.41) is 0. The molecule has 0 aromatic rings. The summed E-state index contributed by atoms with van der Waals surface area (Å²) in [6.07, 6.45) is 0. The van der Waals surface area contributed by atoms with Gasteiger partial charge in [0.2, 0.25) is 0 Å². The van der Waals surface area contributed by atoms with Crippen molar-refractivity contribution in [2.75, 3.05) is 28.3 Å². The molecule has 0 radical (unpaired) electrons. The molecule has 0 saturated carbocycles. The summed E-state index contributed by atoms with van der Waals surface area (Å²) >= 11 is 0. The summed E-state index contributed by atoms with van der Waals surface area (Å²) in [5.74, 6) is 0. The topological polar surface area (TPSA) is 52.6 Å². The highest BCUT2D eigenvalue weighted by Gasteiger charge is 2.21. The first kappa shape index (κ1) is 9.83. The van der Waals surface area contributed by atoms with Crippen LogP contribution in [0, 0.1) is 0 Å². The van der Waals surface area contributed by atoms with E-state index in [0.29, 0.717) is 0 Å². The molecule has 0 spiro atoms. The Bertz CT molecular complexity index is 190. The van der Waals surface area contributed by atoms with E-state index in [4.69, 9.17) is 0 Å². The second-order valence-electron chi connectivity index (χ2n) is 2.54. The van der Waals surface area contributed by atoms with Crippen molar-refractivity contribution in [3.63, 3.8) is 0 Å². The molecule has 5 nitrogen and oxygen atoms in total. The second kappa shape index (κ2) is 2.83. The summed E-state index contributed by atoms with van der Waals surface area (Å²) in [6, 6.07) is 0. The Morgan fingerprint density at radius 3 is 1.70 bits per heavy atom. The van der Waals surface area contributed by atoms with Crippen molar-refractivity contribution < 1.29 is 21.5 Å². The number of hydrogen-bond acceptors (Lipinski definition) is 4. The van der Waals surface area contributed by atoms with Crippen molar-refractivity contribution in [1.29, 1.82) is 0 Å². The van der Waals surface area contributed by atoms with E-state index in [0.717, 1.165) is 7.11 Å². The molecule has 0 aromatic heterocycles. The number of rotatable bonds is 3. The van der Waals surface area contributed by atoms with E-state index in [9.17, 15) is 8.42 Å². The Labute approximate surface area is 61.0 Å². The molecular formula is C4H12NO4S+. The summed E-state index contributed by atoms with van der Waals surface area (Å²) in [6.45, 7) is 0. The van der Waals surface area contributed by atoms with Crippen LogP contribution >= 0.6 is 0 Å². The molecule has 0 amide bonds. The normalized spacial score (nSPS) is 13.6. The molecule has 10 heavy (non-hydrogen) atoms. The number of nitrogens with zero attached hydrogens (tertiary/aromatic N) is 1. The van der Waals surface area contributed by atoms with Gasteiger partial charge >= 0.3 is 10.4 Å². The lowest BCUT2D eigenvalue weighted by Gasteiger charge is -2.18. The van der Waals surface area contributed by atoms with Crippen LogP contribution in [0.2, 0.25) is 0 Å². The highest BCUT2D eigenvalue weighted by Crippen LogP contribution is 2.01. The minimum absolute atomic E-state index is 0.143. The van der Waals surface area contributed by atoms with Gasteiger partial charge in [0.05, 0.1) is 28.3 Å². The zero-order valence-corrected chi connectivity index (χ0v) is 7.30. The van der Waals surface area contributed by atoms with Gasteiger partial charge in [-0.1, -0.05) is 0 Å². The molecule has 0 aliphatic rings. The second-order valence-corrected chi connectivity index (χ2v) is 3.84. The van der Waals surface area contributed by atoms with Crippen LogP contribution in [0.3, 0.4) is 0 Å². The van der Waals surface area contributed by atoms with Crippen molar-refractivity contribution in [3.8, 4) is 0 Å². The minimum atomic E-state index is -3.80. The number of hydrogen-bond donors (Lipinski definition) is 0. The maximum absolute atomic E-state index is 10.6. The fraction of sp³-hybridized carbons (Fsp3) is 1.00. The Hall–Kier alpha value is -0.170. The van der Waals surface area contributed by atoms with Gasteiger partial charge in [-0.05, 0) is 4.28 Å². The fourth-order valence-electron chi connectivity index (χ4n) is 0.304. The molecule has 0 fully saturated rings. The average Bonchev–Trinajstić information content (AvgIpc) is 1.60. The fourth-order valence-corrected chi connectivity index (χ4v) is 0.913. The van der Waals surface area contributed by atoms with Gasteiger partial charge in [-0.15, -0.1) is 0 Å². The van der Waals surface area contributed by atoms with Crippen LogP contribution in [0.4, 0.5) is 0 Å². The molecule has 0 aliphatic heterocycles. The molecule has 0 N–H and O–H groups in total. The minimum Gasteiger partial charge on any atom is -0.248 e. The first-order chi connectivity index (χ1) is 4.27. The van der Waals surface area contributed by atoms with Crippen molar-refractivity contribution >= 4 is 10.4 Å². The highest BCUT2D eigenvalue weighted by molar-refractivity contribution is 7.81. The van der Waals surface area contributed by atoms with Crippen LogP contribution in [-0.4, -0.2) is 41.3 Å². The van der Waals surface area contributed by atoms with Crippen molar-refractivity contribution in [2.45, 2.75) is 0 Å². The third-order valence-corrected chi connectivity index (χ3v) is 1.56. The van der Waals surface area contributed by atoms with Crippen LogP contribution in [-0.2, 0) is 18.9 Å². The smallest absolute Gasteiger partial charge is 0.248 e. The Kier molecular flexibility index (Phi) is 2.78. The van der Waals surface area contributed by atoms with E-state index in [1.54, 1.807) is 21.1 Å². The summed E-state index contributed by atoms with van der Waals surface area (Å²) < 4.78 is 29.5. The Balaban J connectivity index is 4.18. The lowest BCUT2D eigenvalue weighted by atomic mass is 11.0. The highest BCUT2D eigenvalue weighted by atomic mass is 32.3. The quantitative estimate of drug-likeness (QED) is 0.424. The molecule has 0 bridgehead atoms. The van der Waals surface area contributed by atoms with Crippen LogP contribution in [0.5, 0.6) is 0 Å². The van der Waals surface area contributed by atoms with Crippen molar-refractivity contribution in [1.82, 2.24) is 0 Å². The van der Waals surface area contributed by atoms with Crippen LogP contribution in [0.1, 0.15) is 0 Å². The third-order valence-electron chi connectivity index (χ3n) is 0.519. The zero-order valence-electron chi connectivity index (χ0n) is 6.49. The summed E-state index contributed by atoms with van der Waals surface area (Å²) in [7, 11) is 1.94. The summed E-state index contributed by atoms with van der Waals surface area (Å²) in [4.78, 5) is 0. The average molecular weight is 170 g/mol. The van der Waals surface area contributed by atoms with Gasteiger partial charge in [0.1, 0.15) is 0 Å². The predicted octanol–water partition coefficient (Wildman–Crippen LogP) is -0.485. The van der Waals surface area contributed by atoms with E-state index in [2.05, 4.69) is 8.47 Å². The molecule has 0 heterocycles. The third kappa shape index (κ3) is 4.68. The van der Waals surface area contributed by atoms with Crippen molar-refractivity contribution in [2.24, 2.45) is 0 Å². The molecular weight excluding hydrogens is 158 g/mol. The van der Waals surface area contributed by atoms with E-state index in [-0.39, 0.29) is 4.65 Å². The first-order valence-electron chi connectivity index (χ1n) is 2.60. The van der Waals surface area contributed by atoms with Gasteiger partial charge in [-0.2, -0.15) is 13.1 Å². The SMILES string of the molecule is COS(=O)(=O)O[N+](C)(C)C. The first-order valence-corrected chi connectivity index (χ1v) is 3.93. The number of hydroxylamine groups is 3. The lowest BCUT2D eigenvalue weighted by molar-refractivity contribution is -1.03. The van der Waals surface area contributed by atoms with Crippen LogP contribution < -0.4 is 0 Å². The predicted molar refractivity (Wildman–Crippen MR) is 35.0 cm³/mol. The molecule has 6 heteroatoms. The van der Waals surface area contributed by atoms with Crippen LogP contribution in [0.25, 0.3) is 0 Å². The lowest BCUT2D eigenvalue weighted by Crippen LogP contribution is -2.37. The van der Waals surface area contributed by atoms with Gasteiger partial charge in [0, 0.05) is 0 Å². The monoisotopic (exact) mass is 170 g/mol. The molecule has 0 aromatic carbocycles. The zero-order chi connectivity index (χ0) is 8.41. The standard InChI is InChI=1S/C4H12NO4S/c1-5(2,3)9-10(6,7)8-4/h1-4H3/q+1. The Morgan fingerprint density at radius 1 is 1.20 bits per heavy atom. The molecule has 0 saturated heterocycles. The summed E-state index contributed by atoms with van der Waals surface area (Å²) in [5.41, 5.74) is 0. The van der Waals surface area contributed by atoms with Crippen molar-refractivity contribution in [3.05, 3.63) is 0 Å². The van der Waals surface area contributed by atoms with Gasteiger partial charge in [0.25, 0.3) is 0 Å². The number of quaternary nitrogens is 1. The van der Waals surface area contributed by atoms with E-state index < -0.39 is 10.4 Å². The molecule has 0 rings (SSSR count). The van der Waals surface area contributed by atoms with E-state index in [1.807, 2.05) is 0 Å². The van der Waals surface area contributed by atoms with E-state index in [1.165, 1.54) is 0 Å². The largest absolute Gasteiger partial charge is 0.444 e.